The second-order valence-corrected chi connectivity index (χ2v) is 15.7. The zero-order chi connectivity index (χ0) is 40.5. The van der Waals surface area contributed by atoms with E-state index in [1.54, 1.807) is 30.1 Å². The van der Waals surface area contributed by atoms with Crippen LogP contribution in [-0.4, -0.2) is 92.1 Å². The lowest BCUT2D eigenvalue weighted by atomic mass is 9.72. The minimum absolute atomic E-state index is 0.00220. The number of alkyl halides is 6. The highest BCUT2D eigenvalue weighted by molar-refractivity contribution is 6.42. The van der Waals surface area contributed by atoms with Crippen molar-refractivity contribution in [2.75, 3.05) is 59.5 Å². The first kappa shape index (κ1) is 42.3. The van der Waals surface area contributed by atoms with Crippen molar-refractivity contribution >= 4 is 35.0 Å². The van der Waals surface area contributed by atoms with E-state index in [-0.39, 0.29) is 59.8 Å². The Kier molecular flexibility index (Phi) is 12.7. The molecule has 3 aliphatic rings. The Labute approximate surface area is 332 Å². The topological polar surface area (TPSA) is 62.3 Å². The molecule has 2 atom stereocenters. The largest absolute Gasteiger partial charge is 0.416 e. The van der Waals surface area contributed by atoms with Gasteiger partial charge in [0.25, 0.3) is 5.91 Å². The van der Waals surface area contributed by atoms with Gasteiger partial charge in [0.1, 0.15) is 12.2 Å². The van der Waals surface area contributed by atoms with E-state index in [1.165, 1.54) is 16.0 Å². The van der Waals surface area contributed by atoms with Crippen LogP contribution in [0.1, 0.15) is 70.3 Å². The highest BCUT2D eigenvalue weighted by Gasteiger charge is 2.50. The Bertz CT molecular complexity index is 1870. The summed E-state index contributed by atoms with van der Waals surface area (Å²) in [5.41, 5.74) is -2.37. The van der Waals surface area contributed by atoms with Crippen molar-refractivity contribution in [3.05, 3.63) is 111 Å². The number of hydrogen-bond donors (Lipinski definition) is 0. The molecular formula is C41H44Cl2F6N3O4. The number of fused-ring (bicyclic) bond motifs is 2. The van der Waals surface area contributed by atoms with Gasteiger partial charge >= 0.3 is 12.4 Å². The summed E-state index contributed by atoms with van der Waals surface area (Å²) in [6.07, 6.45) is -6.34. The number of amides is 2. The van der Waals surface area contributed by atoms with Crippen molar-refractivity contribution in [1.82, 2.24) is 14.7 Å². The number of carbonyl (C=O) groups is 2. The summed E-state index contributed by atoms with van der Waals surface area (Å²) >= 11 is 12.7. The molecule has 0 aromatic heterocycles. The number of piperidine rings is 1. The average Bonchev–Trinajstić information content (AvgIpc) is 3.47. The predicted molar refractivity (Wildman–Crippen MR) is 201 cm³/mol. The molecule has 0 N–H and O–H groups in total. The van der Waals surface area contributed by atoms with Crippen LogP contribution >= 0.6 is 23.2 Å². The molecule has 2 aliphatic heterocycles. The first-order valence-electron chi connectivity index (χ1n) is 18.6. The van der Waals surface area contributed by atoms with E-state index >= 15 is 0 Å². The van der Waals surface area contributed by atoms with Crippen LogP contribution in [0.4, 0.5) is 26.3 Å². The third kappa shape index (κ3) is 9.02. The van der Waals surface area contributed by atoms with Crippen LogP contribution in [0.15, 0.2) is 60.7 Å². The molecule has 2 saturated heterocycles. The smallest absolute Gasteiger partial charge is 0.367 e. The summed E-state index contributed by atoms with van der Waals surface area (Å²) in [6, 6.07) is 14.1. The third-order valence-corrected chi connectivity index (χ3v) is 12.2. The van der Waals surface area contributed by atoms with Crippen molar-refractivity contribution in [3.63, 3.8) is 0 Å². The molecule has 0 unspecified atom stereocenters. The molecule has 1 spiro atoms. The molecule has 2 heterocycles. The molecule has 7 nitrogen and oxygen atoms in total. The lowest BCUT2D eigenvalue weighted by Crippen LogP contribution is -2.54. The van der Waals surface area contributed by atoms with Gasteiger partial charge in [-0.25, -0.2) is 0 Å². The summed E-state index contributed by atoms with van der Waals surface area (Å²) in [7, 11) is 1.77. The summed E-state index contributed by atoms with van der Waals surface area (Å²) < 4.78 is 95.0. The minimum Gasteiger partial charge on any atom is -0.367 e. The van der Waals surface area contributed by atoms with Crippen LogP contribution in [0.5, 0.6) is 0 Å². The fourth-order valence-corrected chi connectivity index (χ4v) is 8.60. The number of hydrogen-bond acceptors (Lipinski definition) is 5. The zero-order valence-electron chi connectivity index (χ0n) is 31.0. The van der Waals surface area contributed by atoms with Crippen LogP contribution in [0.2, 0.25) is 10.0 Å². The Morgan fingerprint density at radius 3 is 2.27 bits per heavy atom. The third-order valence-electron chi connectivity index (χ3n) is 11.5. The number of morpholine rings is 1. The van der Waals surface area contributed by atoms with Crippen molar-refractivity contribution in [1.29, 1.82) is 0 Å². The fraction of sp³-hybridized carbons (Fsp3) is 0.488. The Morgan fingerprint density at radius 2 is 1.62 bits per heavy atom. The monoisotopic (exact) mass is 826 g/mol. The Hall–Kier alpha value is -3.36. The number of likely N-dealkylation sites (tertiary alicyclic amines) is 1. The number of nitrogens with zero attached hydrogens (tertiary/aromatic N) is 3. The predicted octanol–water partition coefficient (Wildman–Crippen LogP) is 8.84. The molecule has 303 valence electrons. The van der Waals surface area contributed by atoms with E-state index in [9.17, 15) is 35.9 Å². The number of halogens is 8. The van der Waals surface area contributed by atoms with Gasteiger partial charge in [-0.05, 0) is 92.2 Å². The molecule has 3 aromatic carbocycles. The Balaban J connectivity index is 1.21. The lowest BCUT2D eigenvalue weighted by molar-refractivity contribution is -0.143. The van der Waals surface area contributed by atoms with Gasteiger partial charge in [0.15, 0.2) is 0 Å². The molecular weight excluding hydrogens is 783 g/mol. The number of unbranched alkanes of at least 4 members (excludes halogenated alkanes) is 1. The van der Waals surface area contributed by atoms with Gasteiger partial charge in [0.05, 0.1) is 40.4 Å². The number of rotatable bonds is 11. The van der Waals surface area contributed by atoms with E-state index in [0.717, 1.165) is 25.7 Å². The summed E-state index contributed by atoms with van der Waals surface area (Å²) in [6.45, 7) is 6.05. The van der Waals surface area contributed by atoms with Crippen molar-refractivity contribution in [3.8, 4) is 0 Å². The maximum atomic E-state index is 13.8. The second kappa shape index (κ2) is 16.9. The molecule has 0 saturated carbocycles. The maximum absolute atomic E-state index is 13.8. The summed E-state index contributed by atoms with van der Waals surface area (Å²) in [5, 5.41) is 0.501. The lowest BCUT2D eigenvalue weighted by Gasteiger charge is -2.46. The van der Waals surface area contributed by atoms with Crippen LogP contribution in [0.25, 0.3) is 0 Å². The molecule has 2 fully saturated rings. The maximum Gasteiger partial charge on any atom is 0.416 e. The molecule has 6 rings (SSSR count). The first-order valence-corrected chi connectivity index (χ1v) is 19.4. The van der Waals surface area contributed by atoms with E-state index < -0.39 is 40.6 Å². The normalized spacial score (nSPS) is 21.3. The van der Waals surface area contributed by atoms with E-state index in [1.807, 2.05) is 12.1 Å². The van der Waals surface area contributed by atoms with Crippen molar-refractivity contribution in [2.24, 2.45) is 0 Å². The number of benzene rings is 3. The number of likely N-dealkylation sites (N-methyl/N-ethyl adjacent to an activating group) is 1. The average molecular weight is 828 g/mol. The van der Waals surface area contributed by atoms with Gasteiger partial charge in [-0.3, -0.25) is 9.59 Å². The molecule has 3 aromatic rings. The molecule has 1 radical (unpaired) electrons. The first-order chi connectivity index (χ1) is 26.5. The van der Waals surface area contributed by atoms with Crippen LogP contribution in [-0.2, 0) is 44.1 Å². The van der Waals surface area contributed by atoms with Gasteiger partial charge in [-0.1, -0.05) is 66.9 Å². The standard InChI is InChI=1S/C41H44Cl2F6N3O4/c1-3-4-14-50(2)36(53)25-55-35-22-27-7-5-6-8-32(27)38(35)11-15-51(16-12-38)17-13-39(29-9-10-33(42)34(43)24-29)26-52(18-19-56-39)37(54)28-20-30(40(44,45)46)23-31(21-28)41(47,48)49/h5-10,20-21,23-24,35H,1,3-4,11-19,22,25-26H2,2H3/t35-,39-/m0/s1. The minimum atomic E-state index is -5.11. The molecule has 15 heteroatoms. The molecule has 0 bridgehead atoms. The summed E-state index contributed by atoms with van der Waals surface area (Å²) in [5.74, 6) is -1.06. The van der Waals surface area contributed by atoms with Crippen molar-refractivity contribution < 1.29 is 45.4 Å². The zero-order valence-corrected chi connectivity index (χ0v) is 32.5. The molecule has 1 aliphatic carbocycles. The summed E-state index contributed by atoms with van der Waals surface area (Å²) in [4.78, 5) is 31.9. The van der Waals surface area contributed by atoms with Gasteiger partial charge < -0.3 is 24.2 Å². The van der Waals surface area contributed by atoms with Gasteiger partial charge in [-0.15, -0.1) is 0 Å². The molecule has 2 amide bonds. The van der Waals surface area contributed by atoms with Gasteiger partial charge in [0, 0.05) is 37.7 Å². The van der Waals surface area contributed by atoms with Gasteiger partial charge in [-0.2, -0.15) is 26.3 Å². The van der Waals surface area contributed by atoms with Crippen LogP contribution < -0.4 is 0 Å². The quantitative estimate of drug-likeness (QED) is 0.181. The van der Waals surface area contributed by atoms with Crippen LogP contribution in [0.3, 0.4) is 0 Å². The Morgan fingerprint density at radius 1 is 0.946 bits per heavy atom. The second-order valence-electron chi connectivity index (χ2n) is 14.9. The number of carbonyl (C=O) groups excluding carboxylic acids is 2. The van der Waals surface area contributed by atoms with Gasteiger partial charge in [0.2, 0.25) is 5.91 Å². The van der Waals surface area contributed by atoms with E-state index in [4.69, 9.17) is 32.7 Å². The number of ether oxygens (including phenoxy) is 2. The van der Waals surface area contributed by atoms with E-state index in [0.29, 0.717) is 56.7 Å². The highest BCUT2D eigenvalue weighted by atomic mass is 35.5. The fourth-order valence-electron chi connectivity index (χ4n) is 8.30. The van der Waals surface area contributed by atoms with Crippen molar-refractivity contribution in [2.45, 2.75) is 68.0 Å². The highest BCUT2D eigenvalue weighted by Crippen LogP contribution is 2.48. The SMILES string of the molecule is [CH2]CCCN(C)C(=O)CO[C@H]1Cc2ccccc2C12CCN(CC[C@@]1(c3ccc(Cl)c(Cl)c3)CN(C(=O)c3cc(C(F)(F)F)cc(C(F)(F)F)c3)CCO1)CC2. The molecule has 56 heavy (non-hydrogen) atoms. The van der Waals surface area contributed by atoms with Crippen LogP contribution in [0, 0.1) is 6.92 Å². The van der Waals surface area contributed by atoms with E-state index in [2.05, 4.69) is 24.0 Å².